The van der Waals surface area contributed by atoms with Crippen molar-refractivity contribution >= 4 is 29.2 Å². The SMILES string of the molecule is CCCCC1CCC(C)(OC(=S)S)CC1. The number of rotatable bonds is 4. The first-order valence-corrected chi connectivity index (χ1v) is 6.83. The average Bonchev–Trinajstić information content (AvgIpc) is 2.15. The molecule has 1 nitrogen and oxygen atoms in total. The second-order valence-electron chi connectivity index (χ2n) is 4.90. The van der Waals surface area contributed by atoms with Gasteiger partial charge in [0.1, 0.15) is 5.60 Å². The molecule has 88 valence electrons. The van der Waals surface area contributed by atoms with Gasteiger partial charge in [-0.3, -0.25) is 0 Å². The summed E-state index contributed by atoms with van der Waals surface area (Å²) in [5.41, 5.74) is -0.0401. The highest BCUT2D eigenvalue weighted by Gasteiger charge is 2.32. The molecule has 0 aliphatic heterocycles. The Morgan fingerprint density at radius 1 is 1.47 bits per heavy atom. The first-order valence-electron chi connectivity index (χ1n) is 5.97. The van der Waals surface area contributed by atoms with Crippen LogP contribution in [0, 0.1) is 5.92 Å². The number of thiocarbonyl (C=S) groups is 1. The van der Waals surface area contributed by atoms with Crippen molar-refractivity contribution in [3.8, 4) is 0 Å². The van der Waals surface area contributed by atoms with E-state index in [4.69, 9.17) is 17.0 Å². The van der Waals surface area contributed by atoms with Crippen molar-refractivity contribution in [3.05, 3.63) is 0 Å². The minimum atomic E-state index is -0.0401. The third-order valence-electron chi connectivity index (χ3n) is 3.46. The number of hydrogen-bond donors (Lipinski definition) is 1. The fraction of sp³-hybridized carbons (Fsp3) is 0.917. The van der Waals surface area contributed by atoms with E-state index in [9.17, 15) is 0 Å². The fourth-order valence-corrected chi connectivity index (χ4v) is 2.80. The van der Waals surface area contributed by atoms with Gasteiger partial charge in [-0.15, -0.1) is 0 Å². The molecule has 0 heterocycles. The molecule has 0 saturated heterocycles. The van der Waals surface area contributed by atoms with Crippen molar-refractivity contribution in [1.82, 2.24) is 0 Å². The second kappa shape index (κ2) is 6.09. The number of ether oxygens (including phenoxy) is 1. The van der Waals surface area contributed by atoms with Gasteiger partial charge in [0, 0.05) is 0 Å². The maximum absolute atomic E-state index is 5.63. The molecule has 1 rings (SSSR count). The molecule has 3 heteroatoms. The molecular weight excluding hydrogens is 224 g/mol. The standard InChI is InChI=1S/C12H22OS2/c1-3-4-5-10-6-8-12(2,9-7-10)13-11(14)15/h10H,3-9H2,1-2H3,(H,14,15). The third kappa shape index (κ3) is 4.73. The maximum atomic E-state index is 5.63. The van der Waals surface area contributed by atoms with E-state index in [1.54, 1.807) is 0 Å². The molecule has 0 aromatic heterocycles. The quantitative estimate of drug-likeness (QED) is 0.583. The van der Waals surface area contributed by atoms with E-state index >= 15 is 0 Å². The Bertz CT molecular complexity index is 208. The smallest absolute Gasteiger partial charge is 0.217 e. The highest BCUT2D eigenvalue weighted by Crippen LogP contribution is 2.37. The van der Waals surface area contributed by atoms with Crippen molar-refractivity contribution in [2.45, 2.75) is 64.4 Å². The van der Waals surface area contributed by atoms with E-state index < -0.39 is 0 Å². The molecule has 1 fully saturated rings. The van der Waals surface area contributed by atoms with Gasteiger partial charge >= 0.3 is 0 Å². The lowest BCUT2D eigenvalue weighted by molar-refractivity contribution is 0.0268. The lowest BCUT2D eigenvalue weighted by atomic mass is 9.78. The Morgan fingerprint density at radius 3 is 2.53 bits per heavy atom. The zero-order valence-electron chi connectivity index (χ0n) is 9.79. The zero-order valence-corrected chi connectivity index (χ0v) is 11.5. The first-order chi connectivity index (χ1) is 7.06. The summed E-state index contributed by atoms with van der Waals surface area (Å²) in [5.74, 6) is 0.912. The van der Waals surface area contributed by atoms with E-state index in [2.05, 4.69) is 26.5 Å². The van der Waals surface area contributed by atoms with Crippen LogP contribution in [0.5, 0.6) is 0 Å². The van der Waals surface area contributed by atoms with Gasteiger partial charge in [0.15, 0.2) is 0 Å². The predicted molar refractivity (Wildman–Crippen MR) is 72.6 cm³/mol. The van der Waals surface area contributed by atoms with Crippen LogP contribution in [0.3, 0.4) is 0 Å². The molecular formula is C12H22OS2. The van der Waals surface area contributed by atoms with Gasteiger partial charge in [-0.25, -0.2) is 0 Å². The zero-order chi connectivity index (χ0) is 11.3. The minimum Gasteiger partial charge on any atom is -0.472 e. The molecule has 0 N–H and O–H groups in total. The van der Waals surface area contributed by atoms with Crippen LogP contribution in [0.2, 0.25) is 0 Å². The Balaban J connectivity index is 2.30. The van der Waals surface area contributed by atoms with Crippen LogP contribution in [0.1, 0.15) is 58.8 Å². The van der Waals surface area contributed by atoms with Gasteiger partial charge in [0.2, 0.25) is 4.38 Å². The molecule has 0 amide bonds. The summed E-state index contributed by atoms with van der Waals surface area (Å²) in [7, 11) is 0. The molecule has 0 aromatic carbocycles. The van der Waals surface area contributed by atoms with Gasteiger partial charge in [-0.1, -0.05) is 38.8 Å². The molecule has 0 spiro atoms. The van der Waals surface area contributed by atoms with Gasteiger partial charge in [-0.2, -0.15) is 0 Å². The van der Waals surface area contributed by atoms with Crippen molar-refractivity contribution in [1.29, 1.82) is 0 Å². The lowest BCUT2D eigenvalue weighted by Gasteiger charge is -2.37. The van der Waals surface area contributed by atoms with Crippen LogP contribution in [0.15, 0.2) is 0 Å². The molecule has 0 unspecified atom stereocenters. The van der Waals surface area contributed by atoms with Gasteiger partial charge in [0.25, 0.3) is 0 Å². The van der Waals surface area contributed by atoms with Crippen molar-refractivity contribution in [2.75, 3.05) is 0 Å². The number of hydrogen-bond acceptors (Lipinski definition) is 2. The van der Waals surface area contributed by atoms with Crippen molar-refractivity contribution in [2.24, 2.45) is 5.92 Å². The summed E-state index contributed by atoms with van der Waals surface area (Å²) in [6.07, 6.45) is 8.89. The van der Waals surface area contributed by atoms with Crippen LogP contribution in [0.25, 0.3) is 0 Å². The summed E-state index contributed by atoms with van der Waals surface area (Å²) >= 11 is 8.94. The largest absolute Gasteiger partial charge is 0.472 e. The molecule has 1 aliphatic rings. The van der Waals surface area contributed by atoms with Gasteiger partial charge in [-0.05, 0) is 50.7 Å². The predicted octanol–water partition coefficient (Wildman–Crippen LogP) is 4.36. The Hall–Kier alpha value is 0.240. The first kappa shape index (κ1) is 13.3. The molecule has 1 saturated carbocycles. The van der Waals surface area contributed by atoms with Crippen molar-refractivity contribution < 1.29 is 4.74 Å². The normalized spacial score (nSPS) is 31.3. The van der Waals surface area contributed by atoms with E-state index in [1.807, 2.05) is 0 Å². The van der Waals surface area contributed by atoms with Crippen LogP contribution in [-0.4, -0.2) is 9.98 Å². The fourth-order valence-electron chi connectivity index (χ4n) is 2.38. The molecule has 0 bridgehead atoms. The summed E-state index contributed by atoms with van der Waals surface area (Å²) in [6, 6.07) is 0. The van der Waals surface area contributed by atoms with Crippen LogP contribution >= 0.6 is 24.8 Å². The highest BCUT2D eigenvalue weighted by molar-refractivity contribution is 8.10. The third-order valence-corrected chi connectivity index (χ3v) is 3.64. The Morgan fingerprint density at radius 2 is 2.07 bits per heavy atom. The highest BCUT2D eigenvalue weighted by atomic mass is 32.1. The Labute approximate surface area is 104 Å². The van der Waals surface area contributed by atoms with Crippen LogP contribution < -0.4 is 0 Å². The van der Waals surface area contributed by atoms with Crippen molar-refractivity contribution in [3.63, 3.8) is 0 Å². The summed E-state index contributed by atoms with van der Waals surface area (Å²) in [5, 5.41) is 0. The minimum absolute atomic E-state index is 0.0401. The monoisotopic (exact) mass is 246 g/mol. The molecule has 0 atom stereocenters. The van der Waals surface area contributed by atoms with Crippen LogP contribution in [-0.2, 0) is 4.74 Å². The molecule has 15 heavy (non-hydrogen) atoms. The topological polar surface area (TPSA) is 9.23 Å². The average molecular weight is 246 g/mol. The van der Waals surface area contributed by atoms with E-state index in [1.165, 1.54) is 32.1 Å². The molecule has 0 radical (unpaired) electrons. The number of unbranched alkanes of at least 4 members (excludes halogenated alkanes) is 1. The van der Waals surface area contributed by atoms with Crippen LogP contribution in [0.4, 0.5) is 0 Å². The second-order valence-corrected chi connectivity index (χ2v) is 5.98. The van der Waals surface area contributed by atoms with E-state index in [0.717, 1.165) is 18.8 Å². The number of thiol groups is 1. The molecule has 0 aromatic rings. The summed E-state index contributed by atoms with van der Waals surface area (Å²) < 4.78 is 6.02. The van der Waals surface area contributed by atoms with E-state index in [-0.39, 0.29) is 5.60 Å². The maximum Gasteiger partial charge on any atom is 0.217 e. The van der Waals surface area contributed by atoms with Gasteiger partial charge < -0.3 is 4.74 Å². The lowest BCUT2D eigenvalue weighted by Crippen LogP contribution is -2.34. The molecule has 1 aliphatic carbocycles. The summed E-state index contributed by atoms with van der Waals surface area (Å²) in [4.78, 5) is 0. The van der Waals surface area contributed by atoms with E-state index in [0.29, 0.717) is 4.38 Å². The summed E-state index contributed by atoms with van der Waals surface area (Å²) in [6.45, 7) is 4.42. The van der Waals surface area contributed by atoms with Gasteiger partial charge in [0.05, 0.1) is 0 Å². The Kier molecular flexibility index (Phi) is 5.41.